The zero-order chi connectivity index (χ0) is 16.2. The number of ether oxygens (including phenoxy) is 3. The Bertz CT molecular complexity index is 733. The lowest BCUT2D eigenvalue weighted by Gasteiger charge is -2.29. The average Bonchev–Trinajstić information content (AvgIpc) is 2.58. The number of para-hydroxylation sites is 1. The highest BCUT2D eigenvalue weighted by atomic mass is 16.6. The molecule has 1 aliphatic rings. The molecule has 1 aliphatic heterocycles. The van der Waals surface area contributed by atoms with E-state index in [1.54, 1.807) is 48.5 Å². The van der Waals surface area contributed by atoms with E-state index >= 15 is 0 Å². The second kappa shape index (κ2) is 6.27. The zero-order valence-electron chi connectivity index (χ0n) is 12.3. The van der Waals surface area contributed by atoms with E-state index in [4.69, 9.17) is 14.2 Å². The number of carbonyl (C=O) groups is 2. The van der Waals surface area contributed by atoms with Crippen LogP contribution in [-0.2, 0) is 4.79 Å². The third kappa shape index (κ3) is 3.18. The van der Waals surface area contributed by atoms with Crippen molar-refractivity contribution in [1.82, 2.24) is 5.43 Å². The summed E-state index contributed by atoms with van der Waals surface area (Å²) in [7, 11) is 1.53. The topological polar surface area (TPSA) is 77.1 Å². The number of fused-ring (bicyclic) bond motifs is 1. The first-order chi connectivity index (χ1) is 11.2. The molecule has 2 aromatic carbocycles. The summed E-state index contributed by atoms with van der Waals surface area (Å²) >= 11 is 0. The molecule has 1 N–H and O–H groups in total. The van der Waals surface area contributed by atoms with Crippen LogP contribution < -0.4 is 24.6 Å². The number of hydrazine groups is 1. The first kappa shape index (κ1) is 14.7. The predicted octanol–water partition coefficient (Wildman–Crippen LogP) is 2.12. The zero-order valence-corrected chi connectivity index (χ0v) is 12.3. The molecule has 0 spiro atoms. The number of rotatable bonds is 3. The Morgan fingerprint density at radius 3 is 2.70 bits per heavy atom. The third-order valence-corrected chi connectivity index (χ3v) is 3.17. The molecule has 0 aliphatic carbocycles. The summed E-state index contributed by atoms with van der Waals surface area (Å²) in [6.07, 6.45) is -0.770. The standard InChI is InChI=1S/C16H14N2O5/c1-21-12-7-8-13-14(9-12)22-10-15(19)18(13)17-16(20)23-11-5-3-2-4-6-11/h2-9H,10H2,1H3,(H,17,20). The van der Waals surface area contributed by atoms with Gasteiger partial charge in [0.1, 0.15) is 22.9 Å². The Hall–Kier alpha value is -3.22. The van der Waals surface area contributed by atoms with E-state index in [0.717, 1.165) is 5.01 Å². The van der Waals surface area contributed by atoms with Gasteiger partial charge in [-0.05, 0) is 24.3 Å². The molecule has 0 aromatic heterocycles. The van der Waals surface area contributed by atoms with Gasteiger partial charge in [-0.2, -0.15) is 0 Å². The quantitative estimate of drug-likeness (QED) is 0.939. The maximum Gasteiger partial charge on any atom is 0.432 e. The molecular weight excluding hydrogens is 300 g/mol. The Morgan fingerprint density at radius 1 is 1.17 bits per heavy atom. The Kier molecular flexibility index (Phi) is 4.01. The molecule has 118 valence electrons. The van der Waals surface area contributed by atoms with Crippen molar-refractivity contribution in [2.75, 3.05) is 18.7 Å². The molecule has 2 aromatic rings. The number of methoxy groups -OCH3 is 1. The monoisotopic (exact) mass is 314 g/mol. The number of nitrogens with one attached hydrogen (secondary N) is 1. The fourth-order valence-electron chi connectivity index (χ4n) is 2.09. The Morgan fingerprint density at radius 2 is 1.96 bits per heavy atom. The van der Waals surface area contributed by atoms with Gasteiger partial charge in [-0.1, -0.05) is 18.2 Å². The van der Waals surface area contributed by atoms with Gasteiger partial charge >= 0.3 is 6.09 Å². The molecule has 1 heterocycles. The predicted molar refractivity (Wildman–Crippen MR) is 81.6 cm³/mol. The second-order valence-corrected chi connectivity index (χ2v) is 4.67. The normalized spacial score (nSPS) is 12.9. The summed E-state index contributed by atoms with van der Waals surface area (Å²) in [5.41, 5.74) is 2.82. The van der Waals surface area contributed by atoms with E-state index in [0.29, 0.717) is 22.9 Å². The lowest BCUT2D eigenvalue weighted by atomic mass is 10.2. The minimum absolute atomic E-state index is 0.189. The molecule has 0 unspecified atom stereocenters. The van der Waals surface area contributed by atoms with Crippen molar-refractivity contribution in [2.24, 2.45) is 0 Å². The van der Waals surface area contributed by atoms with Gasteiger partial charge in [0.15, 0.2) is 6.61 Å². The maximum absolute atomic E-state index is 12.0. The third-order valence-electron chi connectivity index (χ3n) is 3.17. The molecule has 0 saturated carbocycles. The van der Waals surface area contributed by atoms with Crippen molar-refractivity contribution < 1.29 is 23.8 Å². The van der Waals surface area contributed by atoms with E-state index in [1.807, 2.05) is 0 Å². The van der Waals surface area contributed by atoms with Crippen molar-refractivity contribution in [2.45, 2.75) is 0 Å². The Labute approximate surface area is 132 Å². The molecule has 2 amide bonds. The van der Waals surface area contributed by atoms with Crippen LogP contribution in [0, 0.1) is 0 Å². The fraction of sp³-hybridized carbons (Fsp3) is 0.125. The van der Waals surface area contributed by atoms with Crippen LogP contribution in [0.15, 0.2) is 48.5 Å². The smallest absolute Gasteiger partial charge is 0.432 e. The first-order valence-corrected chi connectivity index (χ1v) is 6.84. The van der Waals surface area contributed by atoms with Crippen LogP contribution in [0.4, 0.5) is 10.5 Å². The second-order valence-electron chi connectivity index (χ2n) is 4.67. The molecular formula is C16H14N2O5. The van der Waals surface area contributed by atoms with E-state index in [-0.39, 0.29) is 6.61 Å². The highest BCUT2D eigenvalue weighted by Gasteiger charge is 2.28. The van der Waals surface area contributed by atoms with Gasteiger partial charge in [-0.15, -0.1) is 0 Å². The van der Waals surface area contributed by atoms with E-state index < -0.39 is 12.0 Å². The molecule has 3 rings (SSSR count). The number of hydrogen-bond donors (Lipinski definition) is 1. The molecule has 7 heteroatoms. The summed E-state index contributed by atoms with van der Waals surface area (Å²) < 4.78 is 15.6. The summed E-state index contributed by atoms with van der Waals surface area (Å²) in [5.74, 6) is 0.988. The van der Waals surface area contributed by atoms with Crippen LogP contribution >= 0.6 is 0 Å². The summed E-state index contributed by atoms with van der Waals surface area (Å²) in [4.78, 5) is 24.0. The van der Waals surface area contributed by atoms with E-state index in [1.165, 1.54) is 7.11 Å². The molecule has 7 nitrogen and oxygen atoms in total. The van der Waals surface area contributed by atoms with Gasteiger partial charge in [-0.3, -0.25) is 4.79 Å². The van der Waals surface area contributed by atoms with Gasteiger partial charge in [0.2, 0.25) is 0 Å². The van der Waals surface area contributed by atoms with Crippen LogP contribution in [0.25, 0.3) is 0 Å². The van der Waals surface area contributed by atoms with Crippen LogP contribution in [-0.4, -0.2) is 25.7 Å². The lowest BCUT2D eigenvalue weighted by Crippen LogP contribution is -2.51. The van der Waals surface area contributed by atoms with Gasteiger partial charge in [0.05, 0.1) is 7.11 Å². The summed E-state index contributed by atoms with van der Waals surface area (Å²) in [6, 6.07) is 13.5. The van der Waals surface area contributed by atoms with E-state index in [9.17, 15) is 9.59 Å². The van der Waals surface area contributed by atoms with E-state index in [2.05, 4.69) is 5.43 Å². The van der Waals surface area contributed by atoms with Gasteiger partial charge in [0.25, 0.3) is 5.91 Å². The molecule has 0 atom stereocenters. The maximum atomic E-state index is 12.0. The highest BCUT2D eigenvalue weighted by Crippen LogP contribution is 2.34. The van der Waals surface area contributed by atoms with Gasteiger partial charge in [0, 0.05) is 6.07 Å². The first-order valence-electron chi connectivity index (χ1n) is 6.84. The van der Waals surface area contributed by atoms with Crippen molar-refractivity contribution in [1.29, 1.82) is 0 Å². The molecule has 0 bridgehead atoms. The summed E-state index contributed by atoms with van der Waals surface area (Å²) in [6.45, 7) is -0.189. The number of hydrogen-bond acceptors (Lipinski definition) is 5. The van der Waals surface area contributed by atoms with Crippen molar-refractivity contribution in [3.8, 4) is 17.2 Å². The van der Waals surface area contributed by atoms with Crippen molar-refractivity contribution >= 4 is 17.7 Å². The number of carbonyl (C=O) groups excluding carboxylic acids is 2. The highest BCUT2D eigenvalue weighted by molar-refractivity contribution is 5.99. The fourth-order valence-corrected chi connectivity index (χ4v) is 2.09. The van der Waals surface area contributed by atoms with Crippen LogP contribution in [0.5, 0.6) is 17.2 Å². The number of amides is 2. The lowest BCUT2D eigenvalue weighted by molar-refractivity contribution is -0.121. The summed E-state index contributed by atoms with van der Waals surface area (Å²) in [5, 5.41) is 1.10. The molecule has 0 radical (unpaired) electrons. The average molecular weight is 314 g/mol. The minimum atomic E-state index is -0.770. The van der Waals surface area contributed by atoms with Gasteiger partial charge in [-0.25, -0.2) is 15.2 Å². The van der Waals surface area contributed by atoms with Crippen molar-refractivity contribution in [3.63, 3.8) is 0 Å². The van der Waals surface area contributed by atoms with Crippen LogP contribution in [0.3, 0.4) is 0 Å². The van der Waals surface area contributed by atoms with Crippen molar-refractivity contribution in [3.05, 3.63) is 48.5 Å². The molecule has 0 saturated heterocycles. The molecule has 0 fully saturated rings. The van der Waals surface area contributed by atoms with Crippen LogP contribution in [0.1, 0.15) is 0 Å². The largest absolute Gasteiger partial charge is 0.497 e. The van der Waals surface area contributed by atoms with Crippen LogP contribution in [0.2, 0.25) is 0 Å². The number of benzene rings is 2. The number of anilines is 1. The SMILES string of the molecule is COc1ccc2c(c1)OCC(=O)N2NC(=O)Oc1ccccc1. The molecule has 23 heavy (non-hydrogen) atoms. The van der Waals surface area contributed by atoms with Gasteiger partial charge < -0.3 is 14.2 Å². The Balaban J connectivity index is 1.77. The minimum Gasteiger partial charge on any atom is -0.497 e. The number of nitrogens with zero attached hydrogens (tertiary/aromatic N) is 1.